The molecule has 1 aliphatic rings. The summed E-state index contributed by atoms with van der Waals surface area (Å²) in [4.78, 5) is 16.9. The van der Waals surface area contributed by atoms with E-state index in [2.05, 4.69) is 4.98 Å². The van der Waals surface area contributed by atoms with Gasteiger partial charge in [-0.2, -0.15) is 0 Å². The maximum Gasteiger partial charge on any atom is 0.323 e. The molecule has 16 heavy (non-hydrogen) atoms. The SMILES string of the molecule is O=C(O)CN(c1cccnc1)C1CCCC1. The number of hydrogen-bond acceptors (Lipinski definition) is 3. The van der Waals surface area contributed by atoms with Gasteiger partial charge >= 0.3 is 5.97 Å². The highest BCUT2D eigenvalue weighted by atomic mass is 16.4. The topological polar surface area (TPSA) is 53.4 Å². The molecule has 1 heterocycles. The van der Waals surface area contributed by atoms with Crippen molar-refractivity contribution in [3.63, 3.8) is 0 Å². The molecule has 1 fully saturated rings. The second-order valence-electron chi connectivity index (χ2n) is 4.17. The first-order valence-electron chi connectivity index (χ1n) is 5.66. The van der Waals surface area contributed by atoms with E-state index < -0.39 is 5.97 Å². The maximum atomic E-state index is 10.9. The van der Waals surface area contributed by atoms with Crippen LogP contribution < -0.4 is 4.90 Å². The highest BCUT2D eigenvalue weighted by Crippen LogP contribution is 2.27. The summed E-state index contributed by atoms with van der Waals surface area (Å²) in [7, 11) is 0. The number of anilines is 1. The van der Waals surface area contributed by atoms with E-state index >= 15 is 0 Å². The van der Waals surface area contributed by atoms with Gasteiger partial charge in [-0.1, -0.05) is 12.8 Å². The molecule has 2 rings (SSSR count). The van der Waals surface area contributed by atoms with Crippen LogP contribution in [0.5, 0.6) is 0 Å². The van der Waals surface area contributed by atoms with Crippen LogP contribution in [0.15, 0.2) is 24.5 Å². The van der Waals surface area contributed by atoms with Gasteiger partial charge < -0.3 is 10.0 Å². The number of hydrogen-bond donors (Lipinski definition) is 1. The zero-order valence-electron chi connectivity index (χ0n) is 9.17. The summed E-state index contributed by atoms with van der Waals surface area (Å²) in [5.74, 6) is -0.782. The first-order chi connectivity index (χ1) is 7.77. The summed E-state index contributed by atoms with van der Waals surface area (Å²) in [6.07, 6.45) is 8.00. The minimum atomic E-state index is -0.782. The van der Waals surface area contributed by atoms with E-state index in [1.54, 1.807) is 12.4 Å². The Hall–Kier alpha value is -1.58. The number of carbonyl (C=O) groups is 1. The lowest BCUT2D eigenvalue weighted by Gasteiger charge is -2.29. The average Bonchev–Trinajstić information content (AvgIpc) is 2.80. The van der Waals surface area contributed by atoms with Crippen molar-refractivity contribution >= 4 is 11.7 Å². The standard InChI is InChI=1S/C12H16N2O2/c15-12(16)9-14(10-4-1-2-5-10)11-6-3-7-13-8-11/h3,6-8,10H,1-2,4-5,9H2,(H,15,16). The number of rotatable bonds is 4. The average molecular weight is 220 g/mol. The van der Waals surface area contributed by atoms with E-state index in [1.807, 2.05) is 17.0 Å². The van der Waals surface area contributed by atoms with Gasteiger partial charge in [-0.05, 0) is 25.0 Å². The van der Waals surface area contributed by atoms with Crippen molar-refractivity contribution in [1.82, 2.24) is 4.98 Å². The molecule has 0 aliphatic heterocycles. The van der Waals surface area contributed by atoms with Gasteiger partial charge in [0.15, 0.2) is 0 Å². The first kappa shape index (κ1) is 10.9. The van der Waals surface area contributed by atoms with E-state index in [1.165, 1.54) is 12.8 Å². The van der Waals surface area contributed by atoms with Crippen LogP contribution in [0.2, 0.25) is 0 Å². The molecule has 86 valence electrons. The fraction of sp³-hybridized carbons (Fsp3) is 0.500. The summed E-state index contributed by atoms with van der Waals surface area (Å²) in [6.45, 7) is 0.0658. The molecule has 0 amide bonds. The number of nitrogens with zero attached hydrogens (tertiary/aromatic N) is 2. The molecule has 0 spiro atoms. The van der Waals surface area contributed by atoms with Crippen molar-refractivity contribution < 1.29 is 9.90 Å². The van der Waals surface area contributed by atoms with Crippen molar-refractivity contribution in [2.24, 2.45) is 0 Å². The van der Waals surface area contributed by atoms with Crippen LogP contribution in [0.3, 0.4) is 0 Å². The summed E-state index contributed by atoms with van der Waals surface area (Å²) in [5.41, 5.74) is 0.914. The highest BCUT2D eigenvalue weighted by molar-refractivity contribution is 5.73. The molecule has 0 atom stereocenters. The van der Waals surface area contributed by atoms with Crippen molar-refractivity contribution in [2.75, 3.05) is 11.4 Å². The Morgan fingerprint density at radius 3 is 2.81 bits per heavy atom. The lowest BCUT2D eigenvalue weighted by atomic mass is 10.2. The van der Waals surface area contributed by atoms with Crippen molar-refractivity contribution in [3.05, 3.63) is 24.5 Å². The third-order valence-corrected chi connectivity index (χ3v) is 3.05. The molecular formula is C12H16N2O2. The number of aliphatic carboxylic acids is 1. The monoisotopic (exact) mass is 220 g/mol. The van der Waals surface area contributed by atoms with Gasteiger partial charge in [0.1, 0.15) is 6.54 Å². The number of carboxylic acids is 1. The van der Waals surface area contributed by atoms with Crippen molar-refractivity contribution in [3.8, 4) is 0 Å². The maximum absolute atomic E-state index is 10.9. The zero-order valence-corrected chi connectivity index (χ0v) is 9.17. The molecule has 1 aromatic rings. The van der Waals surface area contributed by atoms with E-state index in [0.717, 1.165) is 18.5 Å². The molecule has 1 aromatic heterocycles. The predicted octanol–water partition coefficient (Wildman–Crippen LogP) is 1.92. The Labute approximate surface area is 94.9 Å². The molecule has 0 bridgehead atoms. The molecular weight excluding hydrogens is 204 g/mol. The molecule has 0 aromatic carbocycles. The van der Waals surface area contributed by atoms with Crippen LogP contribution in [-0.2, 0) is 4.79 Å². The fourth-order valence-electron chi connectivity index (χ4n) is 2.32. The van der Waals surface area contributed by atoms with Crippen molar-refractivity contribution in [1.29, 1.82) is 0 Å². The highest BCUT2D eigenvalue weighted by Gasteiger charge is 2.24. The largest absolute Gasteiger partial charge is 0.480 e. The summed E-state index contributed by atoms with van der Waals surface area (Å²) >= 11 is 0. The summed E-state index contributed by atoms with van der Waals surface area (Å²) in [5, 5.41) is 8.94. The van der Waals surface area contributed by atoms with Crippen LogP contribution in [0, 0.1) is 0 Å². The Bertz CT molecular complexity index is 347. The Kier molecular flexibility index (Phi) is 3.39. The van der Waals surface area contributed by atoms with Crippen LogP contribution >= 0.6 is 0 Å². The fourth-order valence-corrected chi connectivity index (χ4v) is 2.32. The van der Waals surface area contributed by atoms with Crippen LogP contribution in [0.1, 0.15) is 25.7 Å². The minimum Gasteiger partial charge on any atom is -0.480 e. The number of carboxylic acid groups (broad SMARTS) is 1. The van der Waals surface area contributed by atoms with Gasteiger partial charge in [-0.3, -0.25) is 9.78 Å². The third-order valence-electron chi connectivity index (χ3n) is 3.05. The molecule has 0 unspecified atom stereocenters. The molecule has 1 N–H and O–H groups in total. The minimum absolute atomic E-state index is 0.0658. The normalized spacial score (nSPS) is 16.2. The second-order valence-corrected chi connectivity index (χ2v) is 4.17. The van der Waals surface area contributed by atoms with Gasteiger partial charge in [0, 0.05) is 12.2 Å². The third kappa shape index (κ3) is 2.51. The predicted molar refractivity (Wildman–Crippen MR) is 61.5 cm³/mol. The van der Waals surface area contributed by atoms with E-state index in [9.17, 15) is 4.79 Å². The van der Waals surface area contributed by atoms with E-state index in [0.29, 0.717) is 6.04 Å². The Morgan fingerprint density at radius 1 is 1.50 bits per heavy atom. The van der Waals surface area contributed by atoms with Gasteiger partial charge in [0.25, 0.3) is 0 Å². The summed E-state index contributed by atoms with van der Waals surface area (Å²) < 4.78 is 0. The molecule has 1 aliphatic carbocycles. The van der Waals surface area contributed by atoms with Gasteiger partial charge in [-0.15, -0.1) is 0 Å². The first-order valence-corrected chi connectivity index (χ1v) is 5.66. The lowest BCUT2D eigenvalue weighted by molar-refractivity contribution is -0.135. The van der Waals surface area contributed by atoms with Gasteiger partial charge in [0.05, 0.1) is 11.9 Å². The van der Waals surface area contributed by atoms with E-state index in [-0.39, 0.29) is 6.54 Å². The number of aromatic nitrogens is 1. The molecule has 0 saturated heterocycles. The second kappa shape index (κ2) is 4.96. The lowest BCUT2D eigenvalue weighted by Crippen LogP contribution is -2.37. The van der Waals surface area contributed by atoms with Crippen LogP contribution in [0.4, 0.5) is 5.69 Å². The van der Waals surface area contributed by atoms with Gasteiger partial charge in [0.2, 0.25) is 0 Å². The van der Waals surface area contributed by atoms with E-state index in [4.69, 9.17) is 5.11 Å². The summed E-state index contributed by atoms with van der Waals surface area (Å²) in [6, 6.07) is 4.13. The Balaban J connectivity index is 2.16. The van der Waals surface area contributed by atoms with Crippen LogP contribution in [-0.4, -0.2) is 28.6 Å². The van der Waals surface area contributed by atoms with Crippen LogP contribution in [0.25, 0.3) is 0 Å². The number of pyridine rings is 1. The quantitative estimate of drug-likeness (QED) is 0.842. The molecule has 1 saturated carbocycles. The smallest absolute Gasteiger partial charge is 0.323 e. The molecule has 0 radical (unpaired) electrons. The molecule has 4 heteroatoms. The Morgan fingerprint density at radius 2 is 2.25 bits per heavy atom. The van der Waals surface area contributed by atoms with Crippen molar-refractivity contribution in [2.45, 2.75) is 31.7 Å². The molecule has 4 nitrogen and oxygen atoms in total. The zero-order chi connectivity index (χ0) is 11.4. The van der Waals surface area contributed by atoms with Gasteiger partial charge in [-0.25, -0.2) is 0 Å².